The van der Waals surface area contributed by atoms with Gasteiger partial charge in [-0.3, -0.25) is 0 Å². The highest BCUT2D eigenvalue weighted by Gasteiger charge is 2.05. The van der Waals surface area contributed by atoms with E-state index in [1.807, 2.05) is 29.0 Å². The highest BCUT2D eigenvalue weighted by atomic mass is 16.5. The average Bonchev–Trinajstić information content (AvgIpc) is 2.91. The Morgan fingerprint density at radius 2 is 2.37 bits per heavy atom. The lowest BCUT2D eigenvalue weighted by Gasteiger charge is -2.12. The summed E-state index contributed by atoms with van der Waals surface area (Å²) in [5, 5.41) is 3.55. The fourth-order valence-corrected chi connectivity index (χ4v) is 1.82. The quantitative estimate of drug-likeness (QED) is 0.489. The van der Waals surface area contributed by atoms with Crippen LogP contribution in [-0.4, -0.2) is 22.4 Å². The SMILES string of the molecule is CCCOc1ccc(C=NN)cc1Cn1ccnc1. The smallest absolute Gasteiger partial charge is 0.124 e. The van der Waals surface area contributed by atoms with E-state index in [4.69, 9.17) is 10.6 Å². The van der Waals surface area contributed by atoms with E-state index >= 15 is 0 Å². The van der Waals surface area contributed by atoms with Crippen molar-refractivity contribution in [3.05, 3.63) is 48.0 Å². The van der Waals surface area contributed by atoms with E-state index in [2.05, 4.69) is 17.0 Å². The maximum atomic E-state index is 5.76. The predicted molar refractivity (Wildman–Crippen MR) is 75.3 cm³/mol. The molecule has 0 aliphatic carbocycles. The van der Waals surface area contributed by atoms with Gasteiger partial charge >= 0.3 is 0 Å². The summed E-state index contributed by atoms with van der Waals surface area (Å²) in [7, 11) is 0. The minimum Gasteiger partial charge on any atom is -0.493 e. The van der Waals surface area contributed by atoms with Crippen LogP contribution < -0.4 is 10.6 Å². The molecule has 0 radical (unpaired) electrons. The van der Waals surface area contributed by atoms with E-state index in [0.29, 0.717) is 13.2 Å². The van der Waals surface area contributed by atoms with Gasteiger partial charge in [0.25, 0.3) is 0 Å². The van der Waals surface area contributed by atoms with Crippen LogP contribution in [0.3, 0.4) is 0 Å². The fraction of sp³-hybridized carbons (Fsp3) is 0.286. The lowest BCUT2D eigenvalue weighted by molar-refractivity contribution is 0.313. The number of imidazole rings is 1. The van der Waals surface area contributed by atoms with E-state index in [9.17, 15) is 0 Å². The summed E-state index contributed by atoms with van der Waals surface area (Å²) < 4.78 is 7.76. The number of hydrazone groups is 1. The molecule has 0 spiro atoms. The molecule has 0 fully saturated rings. The number of rotatable bonds is 6. The number of benzene rings is 1. The molecular weight excluding hydrogens is 240 g/mol. The van der Waals surface area contributed by atoms with Crippen molar-refractivity contribution in [2.75, 3.05) is 6.61 Å². The summed E-state index contributed by atoms with van der Waals surface area (Å²) in [5.74, 6) is 6.08. The first-order chi connectivity index (χ1) is 9.33. The van der Waals surface area contributed by atoms with E-state index < -0.39 is 0 Å². The fourth-order valence-electron chi connectivity index (χ4n) is 1.82. The summed E-state index contributed by atoms with van der Waals surface area (Å²) >= 11 is 0. The maximum Gasteiger partial charge on any atom is 0.124 e. The molecular formula is C14H18N4O. The minimum absolute atomic E-state index is 0.710. The summed E-state index contributed by atoms with van der Waals surface area (Å²) in [6, 6.07) is 5.93. The lowest BCUT2D eigenvalue weighted by atomic mass is 10.1. The minimum atomic E-state index is 0.710. The van der Waals surface area contributed by atoms with Crippen molar-refractivity contribution in [1.29, 1.82) is 0 Å². The molecule has 0 unspecified atom stereocenters. The summed E-state index contributed by atoms with van der Waals surface area (Å²) in [4.78, 5) is 4.04. The van der Waals surface area contributed by atoms with E-state index in [1.54, 1.807) is 18.7 Å². The lowest BCUT2D eigenvalue weighted by Crippen LogP contribution is -2.04. The Morgan fingerprint density at radius 3 is 3.05 bits per heavy atom. The molecule has 5 nitrogen and oxygen atoms in total. The molecule has 0 bridgehead atoms. The second-order valence-electron chi connectivity index (χ2n) is 4.23. The van der Waals surface area contributed by atoms with Crippen LogP contribution in [0.15, 0.2) is 42.0 Å². The van der Waals surface area contributed by atoms with Gasteiger partial charge in [-0.05, 0) is 30.2 Å². The van der Waals surface area contributed by atoms with Gasteiger partial charge in [0.1, 0.15) is 5.75 Å². The van der Waals surface area contributed by atoms with Gasteiger partial charge in [-0.2, -0.15) is 5.10 Å². The molecule has 0 amide bonds. The van der Waals surface area contributed by atoms with Crippen molar-refractivity contribution >= 4 is 6.21 Å². The third-order valence-corrected chi connectivity index (χ3v) is 2.68. The molecule has 2 N–H and O–H groups in total. The monoisotopic (exact) mass is 258 g/mol. The highest BCUT2D eigenvalue weighted by molar-refractivity contribution is 5.80. The molecule has 1 aromatic heterocycles. The van der Waals surface area contributed by atoms with Crippen LogP contribution >= 0.6 is 0 Å². The van der Waals surface area contributed by atoms with E-state index in [0.717, 1.165) is 23.3 Å². The number of nitrogens with two attached hydrogens (primary N) is 1. The molecule has 0 atom stereocenters. The standard InChI is InChI=1S/C14H18N4O/c1-2-7-19-14-4-3-12(9-17-15)8-13(14)10-18-6-5-16-11-18/h3-6,8-9,11H,2,7,10,15H2,1H3. The van der Waals surface area contributed by atoms with Gasteiger partial charge in [0.15, 0.2) is 0 Å². The van der Waals surface area contributed by atoms with Gasteiger partial charge in [0.05, 0.1) is 25.7 Å². The Hall–Kier alpha value is -2.30. The summed E-state index contributed by atoms with van der Waals surface area (Å²) in [6.45, 7) is 3.51. The number of hydrogen-bond acceptors (Lipinski definition) is 4. The van der Waals surface area contributed by atoms with Crippen molar-refractivity contribution in [2.45, 2.75) is 19.9 Å². The molecule has 2 aromatic rings. The van der Waals surface area contributed by atoms with E-state index in [-0.39, 0.29) is 0 Å². The zero-order chi connectivity index (χ0) is 13.5. The second-order valence-corrected chi connectivity index (χ2v) is 4.23. The molecule has 1 heterocycles. The van der Waals surface area contributed by atoms with Crippen molar-refractivity contribution in [3.63, 3.8) is 0 Å². The third kappa shape index (κ3) is 3.58. The van der Waals surface area contributed by atoms with Gasteiger partial charge in [0.2, 0.25) is 0 Å². The molecule has 5 heteroatoms. The Balaban J connectivity index is 2.26. The average molecular weight is 258 g/mol. The first-order valence-corrected chi connectivity index (χ1v) is 6.28. The predicted octanol–water partition coefficient (Wildman–Crippen LogP) is 2.01. The molecule has 0 saturated carbocycles. The maximum absolute atomic E-state index is 5.76. The van der Waals surface area contributed by atoms with Gasteiger partial charge in [-0.1, -0.05) is 6.92 Å². The van der Waals surface area contributed by atoms with Gasteiger partial charge in [0, 0.05) is 18.0 Å². The molecule has 0 aliphatic rings. The topological polar surface area (TPSA) is 65.4 Å². The first kappa shape index (κ1) is 13.1. The second kappa shape index (κ2) is 6.58. The molecule has 0 saturated heterocycles. The number of aromatic nitrogens is 2. The van der Waals surface area contributed by atoms with Crippen molar-refractivity contribution in [1.82, 2.24) is 9.55 Å². The van der Waals surface area contributed by atoms with Gasteiger partial charge in [-0.25, -0.2) is 4.98 Å². The van der Waals surface area contributed by atoms with E-state index in [1.165, 1.54) is 0 Å². The Morgan fingerprint density at radius 1 is 1.47 bits per heavy atom. The zero-order valence-electron chi connectivity index (χ0n) is 11.0. The largest absolute Gasteiger partial charge is 0.493 e. The van der Waals surface area contributed by atoms with Gasteiger partial charge in [-0.15, -0.1) is 0 Å². The molecule has 1 aromatic carbocycles. The number of nitrogens with zero attached hydrogens (tertiary/aromatic N) is 3. The number of ether oxygens (including phenoxy) is 1. The Kier molecular flexibility index (Phi) is 4.55. The molecule has 2 rings (SSSR count). The first-order valence-electron chi connectivity index (χ1n) is 6.28. The third-order valence-electron chi connectivity index (χ3n) is 2.68. The van der Waals surface area contributed by atoms with Crippen LogP contribution in [0.4, 0.5) is 0 Å². The van der Waals surface area contributed by atoms with Crippen LogP contribution in [0.1, 0.15) is 24.5 Å². The van der Waals surface area contributed by atoms with Crippen LogP contribution in [-0.2, 0) is 6.54 Å². The van der Waals surface area contributed by atoms with Crippen LogP contribution in [0.2, 0.25) is 0 Å². The zero-order valence-corrected chi connectivity index (χ0v) is 11.0. The molecule has 0 aliphatic heterocycles. The number of hydrogen-bond donors (Lipinski definition) is 1. The van der Waals surface area contributed by atoms with Crippen LogP contribution in [0.5, 0.6) is 5.75 Å². The van der Waals surface area contributed by atoms with Crippen molar-refractivity contribution < 1.29 is 4.74 Å². The normalized spacial score (nSPS) is 11.0. The van der Waals surface area contributed by atoms with Gasteiger partial charge < -0.3 is 15.1 Å². The summed E-state index contributed by atoms with van der Waals surface area (Å²) in [6.07, 6.45) is 8.08. The van der Waals surface area contributed by atoms with Crippen LogP contribution in [0.25, 0.3) is 0 Å². The van der Waals surface area contributed by atoms with Crippen molar-refractivity contribution in [3.8, 4) is 5.75 Å². The van der Waals surface area contributed by atoms with Crippen molar-refractivity contribution in [2.24, 2.45) is 10.9 Å². The molecule has 19 heavy (non-hydrogen) atoms. The summed E-state index contributed by atoms with van der Waals surface area (Å²) in [5.41, 5.74) is 2.05. The highest BCUT2D eigenvalue weighted by Crippen LogP contribution is 2.21. The molecule has 100 valence electrons. The Labute approximate surface area is 112 Å². The Bertz CT molecular complexity index is 534. The van der Waals surface area contributed by atoms with Crippen LogP contribution in [0, 0.1) is 0 Å².